The zero-order chi connectivity index (χ0) is 20.1. The molecule has 1 aromatic heterocycles. The van der Waals surface area contributed by atoms with E-state index < -0.39 is 23.3 Å². The molecule has 0 saturated carbocycles. The summed E-state index contributed by atoms with van der Waals surface area (Å²) in [5.41, 5.74) is -1.72. The monoisotopic (exact) mass is 402 g/mol. The number of pyridine rings is 1. The maximum atomic E-state index is 14.0. The molecule has 7 heteroatoms. The van der Waals surface area contributed by atoms with Gasteiger partial charge in [-0.2, -0.15) is 17.7 Å². The lowest BCUT2D eigenvalue weighted by Crippen LogP contribution is -2.43. The normalized spacial score (nSPS) is 13.2. The van der Waals surface area contributed by atoms with Gasteiger partial charge in [-0.1, -0.05) is 48.0 Å². The highest BCUT2D eigenvalue weighted by Crippen LogP contribution is 2.29. The largest absolute Gasteiger partial charge is 0.868 e. The number of halogens is 4. The van der Waals surface area contributed by atoms with Crippen LogP contribution in [0.5, 0.6) is 0 Å². The Morgan fingerprint density at radius 2 is 1.43 bits per heavy atom. The lowest BCUT2D eigenvalue weighted by Gasteiger charge is -2.18. The van der Waals surface area contributed by atoms with E-state index in [0.29, 0.717) is 5.02 Å². The Morgan fingerprint density at radius 1 is 0.857 bits per heavy atom. The van der Waals surface area contributed by atoms with E-state index in [-0.39, 0.29) is 11.3 Å². The topological polar surface area (TPSA) is 39.3 Å². The van der Waals surface area contributed by atoms with Crippen LogP contribution in [-0.2, 0) is 0 Å². The third kappa shape index (κ3) is 4.58. The molecule has 3 rings (SSSR count). The number of nitrogens with zero attached hydrogens (tertiary/aromatic N) is 2. The van der Waals surface area contributed by atoms with Crippen molar-refractivity contribution in [3.05, 3.63) is 95.8 Å². The number of aromatic nitrogens is 1. The van der Waals surface area contributed by atoms with Crippen LogP contribution in [0.1, 0.15) is 5.56 Å². The average molecular weight is 403 g/mol. The summed E-state index contributed by atoms with van der Waals surface area (Å²) in [6.07, 6.45) is -2.11. The van der Waals surface area contributed by atoms with Crippen LogP contribution in [0.4, 0.5) is 18.9 Å². The summed E-state index contributed by atoms with van der Waals surface area (Å²) in [6, 6.07) is 18.1. The summed E-state index contributed by atoms with van der Waals surface area (Å²) in [4.78, 5) is 3.75. The van der Waals surface area contributed by atoms with Gasteiger partial charge in [0.15, 0.2) is 12.4 Å². The molecule has 0 fully saturated rings. The van der Waals surface area contributed by atoms with E-state index in [0.717, 1.165) is 4.57 Å². The molecule has 0 aliphatic rings. The molecular formula is C21H14ClF3N2O. The van der Waals surface area contributed by atoms with E-state index in [1.165, 1.54) is 60.9 Å². The molecule has 3 nitrogen and oxygen atoms in total. The van der Waals surface area contributed by atoms with Crippen LogP contribution in [0.25, 0.3) is 11.5 Å². The maximum absolute atomic E-state index is 14.0. The second kappa shape index (κ2) is 8.27. The van der Waals surface area contributed by atoms with Gasteiger partial charge < -0.3 is 5.11 Å². The highest BCUT2D eigenvalue weighted by molar-refractivity contribution is 6.30. The smallest absolute Gasteiger partial charge is 0.440 e. The van der Waals surface area contributed by atoms with Gasteiger partial charge in [-0.05, 0) is 35.6 Å². The van der Waals surface area contributed by atoms with Gasteiger partial charge in [0.25, 0.3) is 0 Å². The minimum absolute atomic E-state index is 0.0339. The standard InChI is InChI=1S/C21H14ClF3N2O/c22-16-9-11-17(12-10-16)26-20(21(23,24)25)18(27-13-5-2-6-14-27)19(28)15-7-3-1-4-8-15/h1-14H. The molecule has 2 aromatic carbocycles. The SMILES string of the molecule is [O-]/C(=C(\C(=Nc1ccc(Cl)cc1)C(F)(F)F)[n+]1ccccc1)c1ccccc1. The predicted octanol–water partition coefficient (Wildman–Crippen LogP) is 4.65. The first-order valence-electron chi connectivity index (χ1n) is 8.21. The van der Waals surface area contributed by atoms with Crippen LogP contribution < -0.4 is 9.67 Å². The Morgan fingerprint density at radius 3 is 2.00 bits per heavy atom. The molecule has 0 atom stereocenters. The van der Waals surface area contributed by atoms with Crippen molar-refractivity contribution in [1.29, 1.82) is 0 Å². The minimum atomic E-state index is -4.86. The molecule has 0 bridgehead atoms. The number of allylic oxidation sites excluding steroid dienone is 1. The number of hydrogen-bond donors (Lipinski definition) is 0. The molecule has 142 valence electrons. The molecule has 0 amide bonds. The van der Waals surface area contributed by atoms with Gasteiger partial charge in [-0.3, -0.25) is 0 Å². The first kappa shape index (κ1) is 19.6. The maximum Gasteiger partial charge on any atom is 0.440 e. The van der Waals surface area contributed by atoms with Crippen molar-refractivity contribution in [2.45, 2.75) is 6.18 Å². The van der Waals surface area contributed by atoms with Gasteiger partial charge in [0, 0.05) is 17.2 Å². The highest BCUT2D eigenvalue weighted by atomic mass is 35.5. The first-order chi connectivity index (χ1) is 13.4. The summed E-state index contributed by atoms with van der Waals surface area (Å²) in [5.74, 6) is -0.790. The third-order valence-corrected chi connectivity index (χ3v) is 4.04. The van der Waals surface area contributed by atoms with E-state index in [4.69, 9.17) is 11.6 Å². The van der Waals surface area contributed by atoms with Crippen LogP contribution in [-0.4, -0.2) is 11.9 Å². The van der Waals surface area contributed by atoms with Gasteiger partial charge in [0.1, 0.15) is 0 Å². The van der Waals surface area contributed by atoms with Gasteiger partial charge in [-0.25, -0.2) is 4.99 Å². The lowest BCUT2D eigenvalue weighted by atomic mass is 10.1. The first-order valence-corrected chi connectivity index (χ1v) is 8.59. The fourth-order valence-electron chi connectivity index (χ4n) is 2.52. The predicted molar refractivity (Wildman–Crippen MR) is 101 cm³/mol. The zero-order valence-corrected chi connectivity index (χ0v) is 15.2. The highest BCUT2D eigenvalue weighted by Gasteiger charge is 2.43. The van der Waals surface area contributed by atoms with Gasteiger partial charge >= 0.3 is 6.18 Å². The second-order valence-electron chi connectivity index (χ2n) is 5.76. The fraction of sp³-hybridized carbons (Fsp3) is 0.0476. The van der Waals surface area contributed by atoms with Crippen LogP contribution in [0.2, 0.25) is 5.02 Å². The van der Waals surface area contributed by atoms with Crippen LogP contribution in [0, 0.1) is 0 Å². The van der Waals surface area contributed by atoms with Gasteiger partial charge in [0.2, 0.25) is 11.4 Å². The molecule has 1 heterocycles. The molecule has 28 heavy (non-hydrogen) atoms. The molecule has 0 aliphatic carbocycles. The quantitative estimate of drug-likeness (QED) is 0.356. The van der Waals surface area contributed by atoms with Gasteiger partial charge in [-0.15, -0.1) is 0 Å². The van der Waals surface area contributed by atoms with Gasteiger partial charge in [0.05, 0.1) is 5.69 Å². The summed E-state index contributed by atoms with van der Waals surface area (Å²) >= 11 is 5.79. The number of alkyl halides is 3. The summed E-state index contributed by atoms with van der Waals surface area (Å²) in [7, 11) is 0. The van der Waals surface area contributed by atoms with Crippen LogP contribution in [0.15, 0.2) is 90.2 Å². The van der Waals surface area contributed by atoms with Crippen molar-refractivity contribution in [3.8, 4) is 0 Å². The van der Waals surface area contributed by atoms with Crippen LogP contribution in [0.3, 0.4) is 0 Å². The lowest BCUT2D eigenvalue weighted by molar-refractivity contribution is -0.578. The van der Waals surface area contributed by atoms with Crippen molar-refractivity contribution < 1.29 is 22.8 Å². The van der Waals surface area contributed by atoms with Crippen molar-refractivity contribution in [2.24, 2.45) is 4.99 Å². The average Bonchev–Trinajstić information content (AvgIpc) is 2.69. The molecule has 0 aliphatic heterocycles. The number of aliphatic imine (C=N–C) groups is 1. The molecule has 0 unspecified atom stereocenters. The number of benzene rings is 2. The molecule has 3 aromatic rings. The molecular weight excluding hydrogens is 389 g/mol. The van der Waals surface area contributed by atoms with E-state index in [1.54, 1.807) is 24.3 Å². The Labute approximate surface area is 164 Å². The molecule has 0 N–H and O–H groups in total. The van der Waals surface area contributed by atoms with E-state index >= 15 is 0 Å². The minimum Gasteiger partial charge on any atom is -0.868 e. The Kier molecular flexibility index (Phi) is 5.80. The number of rotatable bonds is 4. The Bertz CT molecular complexity index is 999. The van der Waals surface area contributed by atoms with Crippen molar-refractivity contribution in [2.75, 3.05) is 0 Å². The molecule has 0 spiro atoms. The van der Waals surface area contributed by atoms with E-state index in [2.05, 4.69) is 4.99 Å². The van der Waals surface area contributed by atoms with E-state index in [9.17, 15) is 18.3 Å². The third-order valence-electron chi connectivity index (χ3n) is 3.79. The summed E-state index contributed by atoms with van der Waals surface area (Å²) < 4.78 is 43.0. The number of hydrogen-bond acceptors (Lipinski definition) is 2. The van der Waals surface area contributed by atoms with E-state index in [1.807, 2.05) is 0 Å². The van der Waals surface area contributed by atoms with Crippen LogP contribution >= 0.6 is 11.6 Å². The Balaban J connectivity index is 2.28. The van der Waals surface area contributed by atoms with Crippen molar-refractivity contribution >= 4 is 34.5 Å². The summed E-state index contributed by atoms with van der Waals surface area (Å²) in [5, 5.41) is 13.4. The fourth-order valence-corrected chi connectivity index (χ4v) is 2.64. The Hall–Kier alpha value is -3.12. The van der Waals surface area contributed by atoms with Crippen molar-refractivity contribution in [3.63, 3.8) is 0 Å². The molecule has 0 saturated heterocycles. The zero-order valence-electron chi connectivity index (χ0n) is 14.4. The molecule has 0 radical (unpaired) electrons. The second-order valence-corrected chi connectivity index (χ2v) is 6.20. The summed E-state index contributed by atoms with van der Waals surface area (Å²) in [6.45, 7) is 0. The van der Waals surface area contributed by atoms with Crippen molar-refractivity contribution in [1.82, 2.24) is 0 Å².